The predicted octanol–water partition coefficient (Wildman–Crippen LogP) is 3.22. The second-order valence-corrected chi connectivity index (χ2v) is 4.87. The summed E-state index contributed by atoms with van der Waals surface area (Å²) < 4.78 is 22.1. The van der Waals surface area contributed by atoms with Crippen LogP contribution in [0.4, 0.5) is 0 Å². The molecule has 0 amide bonds. The van der Waals surface area contributed by atoms with Gasteiger partial charge in [0, 0.05) is 18.2 Å². The quantitative estimate of drug-likeness (QED) is 0.764. The molecule has 4 nitrogen and oxygen atoms in total. The summed E-state index contributed by atoms with van der Waals surface area (Å²) in [6.07, 6.45) is -0.0207. The normalized spacial score (nSPS) is 17.9. The lowest BCUT2D eigenvalue weighted by atomic mass is 10.1. The molecule has 110 valence electrons. The molecule has 1 saturated heterocycles. The molecular weight excluding hydrogens is 268 g/mol. The minimum absolute atomic E-state index is 0.101. The zero-order valence-corrected chi connectivity index (χ0v) is 12.1. The van der Waals surface area contributed by atoms with Crippen LogP contribution in [0.2, 0.25) is 0 Å². The van der Waals surface area contributed by atoms with Crippen molar-refractivity contribution < 1.29 is 18.9 Å². The zero-order chi connectivity index (χ0) is 14.7. The Kier molecular flexibility index (Phi) is 3.97. The lowest BCUT2D eigenvalue weighted by Crippen LogP contribution is -2.14. The van der Waals surface area contributed by atoms with E-state index in [1.807, 2.05) is 48.5 Å². The average Bonchev–Trinajstić information content (AvgIpc) is 3.37. The highest BCUT2D eigenvalue weighted by atomic mass is 16.6. The van der Waals surface area contributed by atoms with Crippen molar-refractivity contribution in [2.24, 2.45) is 0 Å². The molecule has 0 radical (unpaired) electrons. The lowest BCUT2D eigenvalue weighted by Gasteiger charge is -2.18. The van der Waals surface area contributed by atoms with Crippen LogP contribution in [-0.4, -0.2) is 26.9 Å². The van der Waals surface area contributed by atoms with E-state index in [9.17, 15) is 0 Å². The first kappa shape index (κ1) is 13.8. The molecule has 0 spiro atoms. The Morgan fingerprint density at radius 1 is 0.952 bits per heavy atom. The lowest BCUT2D eigenvalue weighted by molar-refractivity contribution is 0.160. The fourth-order valence-corrected chi connectivity index (χ4v) is 2.23. The predicted molar refractivity (Wildman–Crippen MR) is 79.1 cm³/mol. The maximum atomic E-state index is 6.12. The number of methoxy groups -OCH3 is 2. The Morgan fingerprint density at radius 2 is 1.52 bits per heavy atom. The van der Waals surface area contributed by atoms with Gasteiger partial charge in [0.05, 0.1) is 20.8 Å². The summed E-state index contributed by atoms with van der Waals surface area (Å²) in [4.78, 5) is 0. The van der Waals surface area contributed by atoms with Gasteiger partial charge in [-0.2, -0.15) is 0 Å². The van der Waals surface area contributed by atoms with E-state index < -0.39 is 0 Å². The van der Waals surface area contributed by atoms with Crippen LogP contribution in [0.3, 0.4) is 0 Å². The first-order chi connectivity index (χ1) is 10.3. The minimum atomic E-state index is -0.122. The van der Waals surface area contributed by atoms with E-state index in [4.69, 9.17) is 18.9 Å². The molecule has 1 heterocycles. The van der Waals surface area contributed by atoms with E-state index >= 15 is 0 Å². The molecule has 0 aromatic heterocycles. The van der Waals surface area contributed by atoms with Crippen LogP contribution in [0.5, 0.6) is 17.2 Å². The van der Waals surface area contributed by atoms with Crippen molar-refractivity contribution in [3.05, 3.63) is 54.1 Å². The van der Waals surface area contributed by atoms with Gasteiger partial charge in [0.15, 0.2) is 6.10 Å². The molecule has 2 aromatic carbocycles. The molecule has 1 aliphatic heterocycles. The average molecular weight is 286 g/mol. The van der Waals surface area contributed by atoms with Crippen LogP contribution in [0.25, 0.3) is 0 Å². The molecule has 1 aliphatic rings. The fourth-order valence-electron chi connectivity index (χ4n) is 2.23. The van der Waals surface area contributed by atoms with Crippen molar-refractivity contribution in [3.63, 3.8) is 0 Å². The molecule has 3 rings (SSSR count). The molecule has 4 heteroatoms. The molecule has 0 aliphatic carbocycles. The Balaban J connectivity index is 1.86. The maximum absolute atomic E-state index is 6.12. The molecule has 21 heavy (non-hydrogen) atoms. The largest absolute Gasteiger partial charge is 0.496 e. The summed E-state index contributed by atoms with van der Waals surface area (Å²) in [5.41, 5.74) is 1.10. The molecule has 1 unspecified atom stereocenters. The number of epoxide rings is 1. The first-order valence-corrected chi connectivity index (χ1v) is 6.86. The van der Waals surface area contributed by atoms with Crippen LogP contribution in [0, 0.1) is 0 Å². The second kappa shape index (κ2) is 6.06. The van der Waals surface area contributed by atoms with Gasteiger partial charge in [0.2, 0.25) is 0 Å². The van der Waals surface area contributed by atoms with E-state index in [0.29, 0.717) is 17.2 Å². The zero-order valence-electron chi connectivity index (χ0n) is 12.1. The van der Waals surface area contributed by atoms with Crippen LogP contribution < -0.4 is 14.2 Å². The Morgan fingerprint density at radius 3 is 2.05 bits per heavy atom. The van der Waals surface area contributed by atoms with Gasteiger partial charge >= 0.3 is 0 Å². The summed E-state index contributed by atoms with van der Waals surface area (Å²) >= 11 is 0. The van der Waals surface area contributed by atoms with Crippen LogP contribution >= 0.6 is 0 Å². The van der Waals surface area contributed by atoms with Crippen molar-refractivity contribution in [2.75, 3.05) is 20.8 Å². The smallest absolute Gasteiger partial charge is 0.152 e. The Labute approximate surface area is 124 Å². The van der Waals surface area contributed by atoms with Gasteiger partial charge in [0.1, 0.15) is 23.4 Å². The summed E-state index contributed by atoms with van der Waals surface area (Å²) in [7, 11) is 3.24. The van der Waals surface area contributed by atoms with E-state index in [2.05, 4.69) is 0 Å². The first-order valence-electron chi connectivity index (χ1n) is 6.86. The van der Waals surface area contributed by atoms with Crippen LogP contribution in [-0.2, 0) is 4.74 Å². The van der Waals surface area contributed by atoms with Crippen LogP contribution in [0.15, 0.2) is 48.5 Å². The molecule has 0 N–H and O–H groups in total. The van der Waals surface area contributed by atoms with Crippen molar-refractivity contribution in [3.8, 4) is 17.2 Å². The summed E-state index contributed by atoms with van der Waals surface area (Å²) in [6.45, 7) is 0.723. The number of hydrogen-bond acceptors (Lipinski definition) is 4. The SMILES string of the molecule is COc1cc(OC)cc(O[C@H](c2ccccc2)C2CO2)c1. The van der Waals surface area contributed by atoms with E-state index in [0.717, 1.165) is 12.2 Å². The van der Waals surface area contributed by atoms with Gasteiger partial charge in [0.25, 0.3) is 0 Å². The number of hydrogen-bond donors (Lipinski definition) is 0. The van der Waals surface area contributed by atoms with Gasteiger partial charge < -0.3 is 18.9 Å². The maximum Gasteiger partial charge on any atom is 0.152 e. The van der Waals surface area contributed by atoms with Gasteiger partial charge in [-0.25, -0.2) is 0 Å². The third-order valence-corrected chi connectivity index (χ3v) is 3.41. The van der Waals surface area contributed by atoms with Crippen molar-refractivity contribution in [1.29, 1.82) is 0 Å². The van der Waals surface area contributed by atoms with E-state index in [1.54, 1.807) is 14.2 Å². The van der Waals surface area contributed by atoms with E-state index in [-0.39, 0.29) is 12.2 Å². The number of ether oxygens (including phenoxy) is 4. The number of rotatable bonds is 6. The third kappa shape index (κ3) is 3.28. The molecule has 0 bridgehead atoms. The molecular formula is C17H18O4. The minimum Gasteiger partial charge on any atom is -0.496 e. The molecule has 0 saturated carbocycles. The summed E-state index contributed by atoms with van der Waals surface area (Å²) in [5, 5.41) is 0. The Hall–Kier alpha value is -2.20. The van der Waals surface area contributed by atoms with E-state index in [1.165, 1.54) is 0 Å². The Bertz CT molecular complexity index is 571. The van der Waals surface area contributed by atoms with Crippen molar-refractivity contribution in [2.45, 2.75) is 12.2 Å². The van der Waals surface area contributed by atoms with Gasteiger partial charge in [-0.3, -0.25) is 0 Å². The van der Waals surface area contributed by atoms with Gasteiger partial charge in [-0.05, 0) is 5.56 Å². The molecule has 2 atom stereocenters. The van der Waals surface area contributed by atoms with Crippen molar-refractivity contribution in [1.82, 2.24) is 0 Å². The number of benzene rings is 2. The fraction of sp³-hybridized carbons (Fsp3) is 0.294. The van der Waals surface area contributed by atoms with Crippen LogP contribution in [0.1, 0.15) is 11.7 Å². The van der Waals surface area contributed by atoms with Gasteiger partial charge in [-0.15, -0.1) is 0 Å². The standard InChI is InChI=1S/C17H18O4/c1-18-13-8-14(19-2)10-15(9-13)21-17(16-11-20-16)12-6-4-3-5-7-12/h3-10,16-17H,11H2,1-2H3/t16?,17-/m1/s1. The molecule has 2 aromatic rings. The van der Waals surface area contributed by atoms with Crippen molar-refractivity contribution >= 4 is 0 Å². The monoisotopic (exact) mass is 286 g/mol. The molecule has 1 fully saturated rings. The summed E-state index contributed by atoms with van der Waals surface area (Å²) in [5.74, 6) is 2.11. The highest BCUT2D eigenvalue weighted by molar-refractivity contribution is 5.42. The second-order valence-electron chi connectivity index (χ2n) is 4.87. The summed E-state index contributed by atoms with van der Waals surface area (Å²) in [6, 6.07) is 15.6. The topological polar surface area (TPSA) is 40.2 Å². The highest BCUT2D eigenvalue weighted by Crippen LogP contribution is 2.35. The van der Waals surface area contributed by atoms with Gasteiger partial charge in [-0.1, -0.05) is 30.3 Å². The highest BCUT2D eigenvalue weighted by Gasteiger charge is 2.35. The third-order valence-electron chi connectivity index (χ3n) is 3.41.